The molecule has 1 amide bonds. The second-order valence-corrected chi connectivity index (χ2v) is 6.12. The summed E-state index contributed by atoms with van der Waals surface area (Å²) in [6, 6.07) is 4.88. The largest absolute Gasteiger partial charge is 0.339 e. The van der Waals surface area contributed by atoms with Crippen LogP contribution in [-0.4, -0.2) is 46.6 Å². The SMILES string of the molecule is Cc1cc(-c2noc(CCC(=O)N3CCNC[C@H]3C)n2)ccc1F.Cl. The van der Waals surface area contributed by atoms with Gasteiger partial charge >= 0.3 is 0 Å². The van der Waals surface area contributed by atoms with Crippen molar-refractivity contribution in [3.63, 3.8) is 0 Å². The normalized spacial score (nSPS) is 17.2. The van der Waals surface area contributed by atoms with Crippen LogP contribution in [0.2, 0.25) is 0 Å². The van der Waals surface area contributed by atoms with Gasteiger partial charge in [0.2, 0.25) is 17.6 Å². The van der Waals surface area contributed by atoms with Crippen LogP contribution in [-0.2, 0) is 11.2 Å². The lowest BCUT2D eigenvalue weighted by molar-refractivity contribution is -0.134. The predicted octanol–water partition coefficient (Wildman–Crippen LogP) is 2.36. The van der Waals surface area contributed by atoms with Crippen LogP contribution in [0.4, 0.5) is 4.39 Å². The highest BCUT2D eigenvalue weighted by Crippen LogP contribution is 2.19. The van der Waals surface area contributed by atoms with Crippen molar-refractivity contribution in [3.8, 4) is 11.4 Å². The van der Waals surface area contributed by atoms with E-state index in [1.165, 1.54) is 6.07 Å². The summed E-state index contributed by atoms with van der Waals surface area (Å²) in [5.41, 5.74) is 1.23. The Kier molecular flexibility index (Phi) is 6.50. The van der Waals surface area contributed by atoms with E-state index in [2.05, 4.69) is 15.5 Å². The van der Waals surface area contributed by atoms with Crippen LogP contribution in [0.1, 0.15) is 24.8 Å². The van der Waals surface area contributed by atoms with Crippen molar-refractivity contribution < 1.29 is 13.7 Å². The summed E-state index contributed by atoms with van der Waals surface area (Å²) in [4.78, 5) is 18.5. The number of nitrogens with one attached hydrogen (secondary N) is 1. The molecule has 1 N–H and O–H groups in total. The molecule has 1 saturated heterocycles. The molecule has 1 aliphatic heterocycles. The van der Waals surface area contributed by atoms with E-state index < -0.39 is 0 Å². The van der Waals surface area contributed by atoms with Gasteiger partial charge in [-0.05, 0) is 37.6 Å². The quantitative estimate of drug-likeness (QED) is 0.897. The second-order valence-electron chi connectivity index (χ2n) is 6.12. The Hall–Kier alpha value is -1.99. The highest BCUT2D eigenvalue weighted by Gasteiger charge is 2.23. The maximum atomic E-state index is 13.3. The van der Waals surface area contributed by atoms with E-state index in [0.717, 1.165) is 19.6 Å². The maximum absolute atomic E-state index is 13.3. The highest BCUT2D eigenvalue weighted by molar-refractivity contribution is 5.85. The first-order chi connectivity index (χ1) is 11.5. The van der Waals surface area contributed by atoms with E-state index in [1.54, 1.807) is 19.1 Å². The molecule has 3 rings (SSSR count). The summed E-state index contributed by atoms with van der Waals surface area (Å²) < 4.78 is 18.5. The van der Waals surface area contributed by atoms with Crippen molar-refractivity contribution >= 4 is 18.3 Å². The molecular formula is C17H22ClFN4O2. The van der Waals surface area contributed by atoms with Crippen molar-refractivity contribution in [1.82, 2.24) is 20.4 Å². The smallest absolute Gasteiger partial charge is 0.227 e. The molecule has 1 aromatic heterocycles. The van der Waals surface area contributed by atoms with Gasteiger partial charge in [0.05, 0.1) is 0 Å². The minimum Gasteiger partial charge on any atom is -0.339 e. The molecule has 0 aliphatic carbocycles. The number of carbonyl (C=O) groups excluding carboxylic acids is 1. The summed E-state index contributed by atoms with van der Waals surface area (Å²) in [5, 5.41) is 7.18. The lowest BCUT2D eigenvalue weighted by Gasteiger charge is -2.34. The van der Waals surface area contributed by atoms with Crippen molar-refractivity contribution in [1.29, 1.82) is 0 Å². The molecule has 0 saturated carbocycles. The average Bonchev–Trinajstić information content (AvgIpc) is 3.04. The number of piperazine rings is 1. The molecule has 8 heteroatoms. The lowest BCUT2D eigenvalue weighted by Crippen LogP contribution is -2.52. The molecule has 6 nitrogen and oxygen atoms in total. The fraction of sp³-hybridized carbons (Fsp3) is 0.471. The Bertz CT molecular complexity index is 737. The first-order valence-electron chi connectivity index (χ1n) is 8.14. The topological polar surface area (TPSA) is 71.3 Å². The van der Waals surface area contributed by atoms with Crippen LogP contribution >= 0.6 is 12.4 Å². The third-order valence-electron chi connectivity index (χ3n) is 4.26. The van der Waals surface area contributed by atoms with E-state index in [9.17, 15) is 9.18 Å². The van der Waals surface area contributed by atoms with Crippen LogP contribution in [0, 0.1) is 12.7 Å². The van der Waals surface area contributed by atoms with Crippen LogP contribution in [0.5, 0.6) is 0 Å². The Balaban J connectivity index is 0.00000225. The molecule has 2 aromatic rings. The molecule has 0 bridgehead atoms. The van der Waals surface area contributed by atoms with Crippen LogP contribution in [0.3, 0.4) is 0 Å². The monoisotopic (exact) mass is 368 g/mol. The minimum absolute atomic E-state index is 0. The van der Waals surface area contributed by atoms with E-state index >= 15 is 0 Å². The van der Waals surface area contributed by atoms with Crippen molar-refractivity contribution in [3.05, 3.63) is 35.5 Å². The van der Waals surface area contributed by atoms with Gasteiger partial charge in [-0.15, -0.1) is 12.4 Å². The zero-order chi connectivity index (χ0) is 17.1. The van der Waals surface area contributed by atoms with Gasteiger partial charge in [0.25, 0.3) is 0 Å². The molecule has 0 spiro atoms. The van der Waals surface area contributed by atoms with E-state index in [1.807, 2.05) is 11.8 Å². The molecule has 1 fully saturated rings. The number of halogens is 2. The van der Waals surface area contributed by atoms with Gasteiger partial charge < -0.3 is 14.7 Å². The number of aromatic nitrogens is 2. The van der Waals surface area contributed by atoms with Gasteiger partial charge in [-0.25, -0.2) is 4.39 Å². The first kappa shape index (κ1) is 19.3. The number of amides is 1. The zero-order valence-electron chi connectivity index (χ0n) is 14.3. The van der Waals surface area contributed by atoms with Gasteiger partial charge in [0, 0.05) is 44.1 Å². The summed E-state index contributed by atoms with van der Waals surface area (Å²) >= 11 is 0. The van der Waals surface area contributed by atoms with Crippen molar-refractivity contribution in [2.75, 3.05) is 19.6 Å². The molecule has 0 unspecified atom stereocenters. The summed E-state index contributed by atoms with van der Waals surface area (Å²) in [5.74, 6) is 0.666. The molecule has 136 valence electrons. The number of nitrogens with zero attached hydrogens (tertiary/aromatic N) is 3. The third-order valence-corrected chi connectivity index (χ3v) is 4.26. The first-order valence-corrected chi connectivity index (χ1v) is 8.14. The molecule has 1 atom stereocenters. The molecule has 1 aliphatic rings. The van der Waals surface area contributed by atoms with E-state index in [0.29, 0.717) is 35.7 Å². The molecule has 2 heterocycles. The number of benzene rings is 1. The Morgan fingerprint density at radius 3 is 3.00 bits per heavy atom. The molecule has 1 aromatic carbocycles. The molecular weight excluding hydrogens is 347 g/mol. The predicted molar refractivity (Wildman–Crippen MR) is 94.0 cm³/mol. The highest BCUT2D eigenvalue weighted by atomic mass is 35.5. The summed E-state index contributed by atoms with van der Waals surface area (Å²) in [7, 11) is 0. The number of carbonyl (C=O) groups is 1. The van der Waals surface area contributed by atoms with Crippen molar-refractivity contribution in [2.45, 2.75) is 32.7 Å². The van der Waals surface area contributed by atoms with Gasteiger partial charge in [0.15, 0.2) is 0 Å². The third kappa shape index (κ3) is 4.55. The van der Waals surface area contributed by atoms with Crippen LogP contribution < -0.4 is 5.32 Å². The number of hydrogen-bond donors (Lipinski definition) is 1. The number of aryl methyl sites for hydroxylation is 2. The molecule has 0 radical (unpaired) electrons. The molecule has 25 heavy (non-hydrogen) atoms. The van der Waals surface area contributed by atoms with Crippen molar-refractivity contribution in [2.24, 2.45) is 0 Å². The number of rotatable bonds is 4. The summed E-state index contributed by atoms with van der Waals surface area (Å²) in [6.07, 6.45) is 0.747. The lowest BCUT2D eigenvalue weighted by atomic mass is 10.1. The van der Waals surface area contributed by atoms with Gasteiger partial charge in [-0.3, -0.25) is 4.79 Å². The average molecular weight is 369 g/mol. The number of hydrogen-bond acceptors (Lipinski definition) is 5. The second kappa shape index (κ2) is 8.40. The van der Waals surface area contributed by atoms with E-state index in [4.69, 9.17) is 4.52 Å². The Labute approximate surface area is 152 Å². The Morgan fingerprint density at radius 2 is 2.28 bits per heavy atom. The standard InChI is InChI=1S/C17H21FN4O2.ClH/c1-11-9-13(3-4-14(11)18)17-20-15(24-21-17)5-6-16(23)22-8-7-19-10-12(22)2;/h3-4,9,12,19H,5-8,10H2,1-2H3;1H/t12-;/m1./s1. The fourth-order valence-corrected chi connectivity index (χ4v) is 2.83. The van der Waals surface area contributed by atoms with E-state index in [-0.39, 0.29) is 30.2 Å². The summed E-state index contributed by atoms with van der Waals surface area (Å²) in [6.45, 7) is 6.09. The fourth-order valence-electron chi connectivity index (χ4n) is 2.83. The van der Waals surface area contributed by atoms with Gasteiger partial charge in [-0.1, -0.05) is 5.16 Å². The van der Waals surface area contributed by atoms with Crippen LogP contribution in [0.15, 0.2) is 22.7 Å². The maximum Gasteiger partial charge on any atom is 0.227 e. The Morgan fingerprint density at radius 1 is 1.48 bits per heavy atom. The van der Waals surface area contributed by atoms with Crippen LogP contribution in [0.25, 0.3) is 11.4 Å². The van der Waals surface area contributed by atoms with Gasteiger partial charge in [-0.2, -0.15) is 4.98 Å². The zero-order valence-corrected chi connectivity index (χ0v) is 15.1. The minimum atomic E-state index is -0.266. The van der Waals surface area contributed by atoms with Gasteiger partial charge in [0.1, 0.15) is 5.82 Å².